The monoisotopic (exact) mass is 267 g/mol. The van der Waals surface area contributed by atoms with Crippen LogP contribution in [0.25, 0.3) is 0 Å². The van der Waals surface area contributed by atoms with Crippen LogP contribution in [0.3, 0.4) is 0 Å². The molecule has 0 fully saturated rings. The molecule has 0 spiro atoms. The number of aromatic nitrogens is 3. The first-order valence-electron chi connectivity index (χ1n) is 6.23. The Morgan fingerprint density at radius 2 is 1.89 bits per heavy atom. The Morgan fingerprint density at radius 1 is 1.28 bits per heavy atom. The van der Waals surface area contributed by atoms with Gasteiger partial charge in [0.1, 0.15) is 0 Å². The Bertz CT molecular complexity index is 421. The molecule has 0 aliphatic rings. The van der Waals surface area contributed by atoms with Crippen molar-refractivity contribution in [3.63, 3.8) is 0 Å². The highest BCUT2D eigenvalue weighted by Gasteiger charge is 2.15. The maximum atomic E-state index is 5.56. The standard InChI is InChI=1S/C12H21N5S/c1-5-9-10(6-2)15-16-12(14-9)17(4)8(3)7-11(13)18/h8H,5-7H2,1-4H3,(H2,13,18). The highest BCUT2D eigenvalue weighted by atomic mass is 32.1. The van der Waals surface area contributed by atoms with E-state index in [1.165, 1.54) is 0 Å². The van der Waals surface area contributed by atoms with Gasteiger partial charge < -0.3 is 10.6 Å². The van der Waals surface area contributed by atoms with Crippen molar-refractivity contribution in [1.29, 1.82) is 0 Å². The lowest BCUT2D eigenvalue weighted by atomic mass is 10.2. The Labute approximate surface area is 114 Å². The highest BCUT2D eigenvalue weighted by Crippen LogP contribution is 2.13. The molecule has 6 heteroatoms. The van der Waals surface area contributed by atoms with E-state index in [2.05, 4.69) is 29.0 Å². The Hall–Kier alpha value is -1.30. The van der Waals surface area contributed by atoms with Crippen LogP contribution < -0.4 is 10.6 Å². The van der Waals surface area contributed by atoms with Crippen LogP contribution in [0.15, 0.2) is 0 Å². The van der Waals surface area contributed by atoms with Gasteiger partial charge in [0.2, 0.25) is 5.95 Å². The average molecular weight is 267 g/mol. The molecular weight excluding hydrogens is 246 g/mol. The summed E-state index contributed by atoms with van der Waals surface area (Å²) in [5.74, 6) is 0.632. The van der Waals surface area contributed by atoms with Gasteiger partial charge in [-0.25, -0.2) is 4.98 Å². The zero-order chi connectivity index (χ0) is 13.7. The van der Waals surface area contributed by atoms with Crippen LogP contribution >= 0.6 is 12.2 Å². The predicted octanol–water partition coefficient (Wildman–Crippen LogP) is 1.50. The van der Waals surface area contributed by atoms with Crippen molar-refractivity contribution in [2.45, 2.75) is 46.1 Å². The van der Waals surface area contributed by atoms with Gasteiger partial charge in [-0.05, 0) is 19.8 Å². The van der Waals surface area contributed by atoms with Gasteiger partial charge in [-0.15, -0.1) is 5.10 Å². The number of nitrogens with two attached hydrogens (primary N) is 1. The summed E-state index contributed by atoms with van der Waals surface area (Å²) < 4.78 is 0. The SMILES string of the molecule is CCc1nnc(N(C)C(C)CC(N)=S)nc1CC. The van der Waals surface area contributed by atoms with Crippen molar-refractivity contribution in [3.05, 3.63) is 11.4 Å². The fourth-order valence-electron chi connectivity index (χ4n) is 1.70. The van der Waals surface area contributed by atoms with Crippen LogP contribution in [0, 0.1) is 0 Å². The smallest absolute Gasteiger partial charge is 0.245 e. The maximum Gasteiger partial charge on any atom is 0.245 e. The van der Waals surface area contributed by atoms with Crippen molar-refractivity contribution in [2.75, 3.05) is 11.9 Å². The van der Waals surface area contributed by atoms with Gasteiger partial charge in [0.15, 0.2) is 0 Å². The van der Waals surface area contributed by atoms with Crippen LogP contribution in [0.1, 0.15) is 38.6 Å². The molecule has 0 aliphatic heterocycles. The van der Waals surface area contributed by atoms with Crippen molar-refractivity contribution in [3.8, 4) is 0 Å². The molecule has 0 aliphatic carbocycles. The number of rotatable bonds is 6. The van der Waals surface area contributed by atoms with E-state index in [1.54, 1.807) is 0 Å². The Balaban J connectivity index is 2.92. The molecule has 0 saturated carbocycles. The Morgan fingerprint density at radius 3 is 2.39 bits per heavy atom. The van der Waals surface area contributed by atoms with Gasteiger partial charge in [-0.3, -0.25) is 0 Å². The lowest BCUT2D eigenvalue weighted by Crippen LogP contribution is -2.34. The molecule has 0 amide bonds. The van der Waals surface area contributed by atoms with E-state index in [9.17, 15) is 0 Å². The number of nitrogens with zero attached hydrogens (tertiary/aromatic N) is 4. The lowest BCUT2D eigenvalue weighted by molar-refractivity contribution is 0.674. The largest absolute Gasteiger partial charge is 0.393 e. The third-order valence-electron chi connectivity index (χ3n) is 2.97. The summed E-state index contributed by atoms with van der Waals surface area (Å²) in [4.78, 5) is 7.02. The summed E-state index contributed by atoms with van der Waals surface area (Å²) in [6, 6.07) is 0.168. The number of hydrogen-bond acceptors (Lipinski definition) is 5. The minimum absolute atomic E-state index is 0.168. The van der Waals surface area contributed by atoms with Crippen LogP contribution in [-0.4, -0.2) is 33.3 Å². The first kappa shape index (κ1) is 14.8. The van der Waals surface area contributed by atoms with Crippen LogP contribution in [-0.2, 0) is 12.8 Å². The molecule has 1 aromatic rings. The summed E-state index contributed by atoms with van der Waals surface area (Å²) >= 11 is 4.92. The molecule has 2 N–H and O–H groups in total. The molecule has 0 aromatic carbocycles. The predicted molar refractivity (Wildman–Crippen MR) is 77.9 cm³/mol. The molecule has 0 radical (unpaired) electrons. The Kier molecular flexibility index (Phi) is 5.40. The number of anilines is 1. The van der Waals surface area contributed by atoms with E-state index in [0.29, 0.717) is 17.4 Å². The van der Waals surface area contributed by atoms with Gasteiger partial charge in [-0.2, -0.15) is 5.10 Å². The quantitative estimate of drug-likeness (QED) is 0.788. The molecule has 1 rings (SSSR count). The van der Waals surface area contributed by atoms with E-state index in [-0.39, 0.29) is 6.04 Å². The van der Waals surface area contributed by atoms with E-state index in [4.69, 9.17) is 18.0 Å². The molecule has 0 saturated heterocycles. The molecule has 18 heavy (non-hydrogen) atoms. The molecule has 1 unspecified atom stereocenters. The summed E-state index contributed by atoms with van der Waals surface area (Å²) in [7, 11) is 1.94. The van der Waals surface area contributed by atoms with Crippen LogP contribution in [0.5, 0.6) is 0 Å². The van der Waals surface area contributed by atoms with E-state index < -0.39 is 0 Å². The fourth-order valence-corrected chi connectivity index (χ4v) is 1.94. The average Bonchev–Trinajstić information content (AvgIpc) is 2.36. The maximum absolute atomic E-state index is 5.56. The molecule has 5 nitrogen and oxygen atoms in total. The number of thiocarbonyl (C=S) groups is 1. The van der Waals surface area contributed by atoms with Gasteiger partial charge in [-0.1, -0.05) is 26.1 Å². The normalized spacial score (nSPS) is 12.2. The lowest BCUT2D eigenvalue weighted by Gasteiger charge is -2.24. The third-order valence-corrected chi connectivity index (χ3v) is 3.14. The first-order chi connectivity index (χ1) is 8.49. The van der Waals surface area contributed by atoms with Crippen LogP contribution in [0.2, 0.25) is 0 Å². The molecular formula is C12H21N5S. The van der Waals surface area contributed by atoms with Crippen molar-refractivity contribution >= 4 is 23.2 Å². The topological polar surface area (TPSA) is 67.9 Å². The molecule has 100 valence electrons. The second-order valence-electron chi connectivity index (χ2n) is 4.34. The zero-order valence-electron chi connectivity index (χ0n) is 11.5. The molecule has 1 atom stereocenters. The minimum atomic E-state index is 0.168. The van der Waals surface area contributed by atoms with Crippen molar-refractivity contribution in [2.24, 2.45) is 5.73 Å². The second kappa shape index (κ2) is 6.58. The molecule has 1 heterocycles. The summed E-state index contributed by atoms with van der Waals surface area (Å²) in [5, 5.41) is 8.40. The number of hydrogen-bond donors (Lipinski definition) is 1. The minimum Gasteiger partial charge on any atom is -0.393 e. The summed E-state index contributed by atoms with van der Waals surface area (Å²) in [5.41, 5.74) is 7.54. The van der Waals surface area contributed by atoms with E-state index in [0.717, 1.165) is 24.2 Å². The van der Waals surface area contributed by atoms with E-state index >= 15 is 0 Å². The fraction of sp³-hybridized carbons (Fsp3) is 0.667. The first-order valence-corrected chi connectivity index (χ1v) is 6.63. The summed E-state index contributed by atoms with van der Waals surface area (Å²) in [6.45, 7) is 6.18. The molecule has 0 bridgehead atoms. The second-order valence-corrected chi connectivity index (χ2v) is 4.87. The molecule has 1 aromatic heterocycles. The zero-order valence-corrected chi connectivity index (χ0v) is 12.3. The highest BCUT2D eigenvalue weighted by molar-refractivity contribution is 7.80. The van der Waals surface area contributed by atoms with Crippen molar-refractivity contribution in [1.82, 2.24) is 15.2 Å². The van der Waals surface area contributed by atoms with Gasteiger partial charge in [0.05, 0.1) is 16.4 Å². The number of aryl methyl sites for hydroxylation is 2. The summed E-state index contributed by atoms with van der Waals surface area (Å²) in [6.07, 6.45) is 2.37. The van der Waals surface area contributed by atoms with Crippen LogP contribution in [0.4, 0.5) is 5.95 Å². The third kappa shape index (κ3) is 3.60. The van der Waals surface area contributed by atoms with Gasteiger partial charge in [0.25, 0.3) is 0 Å². The van der Waals surface area contributed by atoms with E-state index in [1.807, 2.05) is 18.9 Å². The van der Waals surface area contributed by atoms with Crippen molar-refractivity contribution < 1.29 is 0 Å². The van der Waals surface area contributed by atoms with Gasteiger partial charge >= 0.3 is 0 Å². The van der Waals surface area contributed by atoms with Gasteiger partial charge in [0, 0.05) is 19.5 Å².